The van der Waals surface area contributed by atoms with Gasteiger partial charge in [0.25, 0.3) is 0 Å². The third kappa shape index (κ3) is 1.81. The number of aryl methyl sites for hydroxylation is 2. The Kier molecular flexibility index (Phi) is 2.95. The highest BCUT2D eigenvalue weighted by molar-refractivity contribution is 5.77. The summed E-state index contributed by atoms with van der Waals surface area (Å²) in [4.78, 5) is 0. The third-order valence-corrected chi connectivity index (χ3v) is 2.68. The lowest BCUT2D eigenvalue weighted by molar-refractivity contribution is 0.385. The van der Waals surface area contributed by atoms with E-state index in [1.54, 1.807) is 0 Å². The number of nitrogens with two attached hydrogens (primary N) is 1. The quantitative estimate of drug-likeness (QED) is 0.857. The van der Waals surface area contributed by atoms with Crippen molar-refractivity contribution in [3.05, 3.63) is 35.6 Å². The molecule has 1 aromatic heterocycles. The Morgan fingerprint density at radius 2 is 2.06 bits per heavy atom. The average Bonchev–Trinajstić information content (AvgIpc) is 2.62. The van der Waals surface area contributed by atoms with E-state index >= 15 is 0 Å². The van der Waals surface area contributed by atoms with Crippen molar-refractivity contribution in [1.82, 2.24) is 5.16 Å². The molecule has 2 rings (SSSR count). The average molecular weight is 216 g/mol. The molecule has 0 saturated heterocycles. The molecule has 0 amide bonds. The molecule has 3 nitrogen and oxygen atoms in total. The fourth-order valence-electron chi connectivity index (χ4n) is 1.88. The molecule has 2 aromatic rings. The van der Waals surface area contributed by atoms with Gasteiger partial charge in [0.1, 0.15) is 5.76 Å². The Morgan fingerprint density at radius 1 is 1.31 bits per heavy atom. The van der Waals surface area contributed by atoms with Crippen LogP contribution in [0.25, 0.3) is 11.1 Å². The fraction of sp³-hybridized carbons (Fsp3) is 0.308. The van der Waals surface area contributed by atoms with Crippen molar-refractivity contribution < 1.29 is 4.52 Å². The van der Waals surface area contributed by atoms with E-state index in [1.165, 1.54) is 5.56 Å². The van der Waals surface area contributed by atoms with E-state index < -0.39 is 0 Å². The Hall–Kier alpha value is -1.77. The minimum atomic E-state index is 0.484. The number of hydrogen-bond donors (Lipinski definition) is 1. The maximum absolute atomic E-state index is 5.87. The van der Waals surface area contributed by atoms with Gasteiger partial charge in [-0.2, -0.15) is 0 Å². The predicted octanol–water partition coefficient (Wildman–Crippen LogP) is 3.18. The first-order valence-corrected chi connectivity index (χ1v) is 5.54. The van der Waals surface area contributed by atoms with Crippen molar-refractivity contribution in [3.63, 3.8) is 0 Å². The highest BCUT2D eigenvalue weighted by atomic mass is 16.5. The lowest BCUT2D eigenvalue weighted by Crippen LogP contribution is -1.92. The summed E-state index contributed by atoms with van der Waals surface area (Å²) in [6.45, 7) is 4.18. The number of nitrogens with zero attached hydrogens (tertiary/aromatic N) is 1. The molecule has 0 aliphatic carbocycles. The summed E-state index contributed by atoms with van der Waals surface area (Å²) in [7, 11) is 0. The molecule has 0 aliphatic rings. The summed E-state index contributed by atoms with van der Waals surface area (Å²) < 4.78 is 5.27. The van der Waals surface area contributed by atoms with E-state index in [-0.39, 0.29) is 0 Å². The van der Waals surface area contributed by atoms with Crippen LogP contribution in [0.2, 0.25) is 0 Å². The van der Waals surface area contributed by atoms with Gasteiger partial charge in [0.05, 0.1) is 5.56 Å². The van der Waals surface area contributed by atoms with Crippen molar-refractivity contribution in [2.75, 3.05) is 5.73 Å². The standard InChI is InChI=1S/C13H16N2O/c1-3-6-11-12(13(14)15-16-11)10-8-5-4-7-9(10)2/h4-5,7-8H,3,6H2,1-2H3,(H2,14,15). The molecule has 0 unspecified atom stereocenters. The topological polar surface area (TPSA) is 52.0 Å². The van der Waals surface area contributed by atoms with Crippen LogP contribution in [0.3, 0.4) is 0 Å². The van der Waals surface area contributed by atoms with Gasteiger partial charge in [0.2, 0.25) is 0 Å². The maximum Gasteiger partial charge on any atom is 0.175 e. The van der Waals surface area contributed by atoms with Gasteiger partial charge in [0, 0.05) is 6.42 Å². The number of nitrogen functional groups attached to an aromatic ring is 1. The molecule has 3 heteroatoms. The molecule has 0 bridgehead atoms. The molecular formula is C13H16N2O. The number of benzene rings is 1. The number of anilines is 1. The van der Waals surface area contributed by atoms with Crippen LogP contribution in [-0.4, -0.2) is 5.16 Å². The van der Waals surface area contributed by atoms with Crippen LogP contribution in [0.1, 0.15) is 24.7 Å². The molecule has 0 radical (unpaired) electrons. The molecule has 2 N–H and O–H groups in total. The van der Waals surface area contributed by atoms with Gasteiger partial charge < -0.3 is 10.3 Å². The van der Waals surface area contributed by atoms with E-state index in [4.69, 9.17) is 10.3 Å². The van der Waals surface area contributed by atoms with E-state index in [0.717, 1.165) is 29.7 Å². The summed E-state index contributed by atoms with van der Waals surface area (Å²) >= 11 is 0. The Morgan fingerprint density at radius 3 is 2.75 bits per heavy atom. The molecule has 1 aromatic carbocycles. The van der Waals surface area contributed by atoms with E-state index in [0.29, 0.717) is 5.82 Å². The van der Waals surface area contributed by atoms with Crippen molar-refractivity contribution in [2.24, 2.45) is 0 Å². The van der Waals surface area contributed by atoms with Crippen LogP contribution >= 0.6 is 0 Å². The molecule has 0 saturated carbocycles. The first-order chi connectivity index (χ1) is 7.74. The molecule has 0 aliphatic heterocycles. The third-order valence-electron chi connectivity index (χ3n) is 2.68. The predicted molar refractivity (Wildman–Crippen MR) is 65.1 cm³/mol. The molecule has 0 spiro atoms. The summed E-state index contributed by atoms with van der Waals surface area (Å²) in [5.41, 5.74) is 9.13. The number of hydrogen-bond acceptors (Lipinski definition) is 3. The zero-order chi connectivity index (χ0) is 11.5. The maximum atomic E-state index is 5.87. The normalized spacial score (nSPS) is 10.6. The van der Waals surface area contributed by atoms with Crippen LogP contribution < -0.4 is 5.73 Å². The zero-order valence-corrected chi connectivity index (χ0v) is 9.66. The lowest BCUT2D eigenvalue weighted by Gasteiger charge is -2.05. The van der Waals surface area contributed by atoms with Gasteiger partial charge in [-0.3, -0.25) is 0 Å². The van der Waals surface area contributed by atoms with Crippen LogP contribution in [-0.2, 0) is 6.42 Å². The molecular weight excluding hydrogens is 200 g/mol. The fourth-order valence-corrected chi connectivity index (χ4v) is 1.88. The Balaban J connectivity index is 2.54. The van der Waals surface area contributed by atoms with Gasteiger partial charge >= 0.3 is 0 Å². The first-order valence-electron chi connectivity index (χ1n) is 5.54. The lowest BCUT2D eigenvalue weighted by atomic mass is 9.99. The monoisotopic (exact) mass is 216 g/mol. The van der Waals surface area contributed by atoms with Crippen LogP contribution in [0.15, 0.2) is 28.8 Å². The van der Waals surface area contributed by atoms with Crippen molar-refractivity contribution in [2.45, 2.75) is 26.7 Å². The van der Waals surface area contributed by atoms with E-state index in [9.17, 15) is 0 Å². The molecule has 0 fully saturated rings. The summed E-state index contributed by atoms with van der Waals surface area (Å²) in [6.07, 6.45) is 1.89. The Labute approximate surface area is 95.3 Å². The van der Waals surface area contributed by atoms with Gasteiger partial charge in [0.15, 0.2) is 5.82 Å². The van der Waals surface area contributed by atoms with Gasteiger partial charge in [-0.25, -0.2) is 0 Å². The van der Waals surface area contributed by atoms with E-state index in [1.807, 2.05) is 12.1 Å². The van der Waals surface area contributed by atoms with Crippen LogP contribution in [0, 0.1) is 6.92 Å². The zero-order valence-electron chi connectivity index (χ0n) is 9.66. The number of rotatable bonds is 3. The van der Waals surface area contributed by atoms with Crippen LogP contribution in [0.5, 0.6) is 0 Å². The second kappa shape index (κ2) is 4.39. The second-order valence-electron chi connectivity index (χ2n) is 3.93. The van der Waals surface area contributed by atoms with Crippen LogP contribution in [0.4, 0.5) is 5.82 Å². The summed E-state index contributed by atoms with van der Waals surface area (Å²) in [5, 5.41) is 3.86. The van der Waals surface area contributed by atoms with Crippen molar-refractivity contribution in [1.29, 1.82) is 0 Å². The van der Waals surface area contributed by atoms with Gasteiger partial charge in [-0.15, -0.1) is 0 Å². The highest BCUT2D eigenvalue weighted by Crippen LogP contribution is 2.32. The van der Waals surface area contributed by atoms with Crippen molar-refractivity contribution >= 4 is 5.82 Å². The van der Waals surface area contributed by atoms with E-state index in [2.05, 4.69) is 31.1 Å². The highest BCUT2D eigenvalue weighted by Gasteiger charge is 2.16. The molecule has 0 atom stereocenters. The minimum absolute atomic E-state index is 0.484. The molecule has 16 heavy (non-hydrogen) atoms. The van der Waals surface area contributed by atoms with Gasteiger partial charge in [-0.05, 0) is 24.5 Å². The van der Waals surface area contributed by atoms with Gasteiger partial charge in [-0.1, -0.05) is 36.3 Å². The first kappa shape index (κ1) is 10.7. The summed E-state index contributed by atoms with van der Waals surface area (Å²) in [5.74, 6) is 1.37. The molecule has 84 valence electrons. The smallest absolute Gasteiger partial charge is 0.175 e. The van der Waals surface area contributed by atoms with Crippen molar-refractivity contribution in [3.8, 4) is 11.1 Å². The summed E-state index contributed by atoms with van der Waals surface area (Å²) in [6, 6.07) is 8.14. The second-order valence-corrected chi connectivity index (χ2v) is 3.93. The molecule has 1 heterocycles. The Bertz CT molecular complexity index is 488. The minimum Gasteiger partial charge on any atom is -0.380 e. The SMILES string of the molecule is CCCc1onc(N)c1-c1ccccc1C. The largest absolute Gasteiger partial charge is 0.380 e. The number of aromatic nitrogens is 1.